The van der Waals surface area contributed by atoms with Crippen LogP contribution in [0, 0.1) is 6.92 Å². The van der Waals surface area contributed by atoms with Gasteiger partial charge in [-0.25, -0.2) is 14.5 Å². The molecule has 0 fully saturated rings. The van der Waals surface area contributed by atoms with Crippen LogP contribution in [-0.2, 0) is 36.4 Å². The van der Waals surface area contributed by atoms with Crippen LogP contribution in [0.2, 0.25) is 0 Å². The van der Waals surface area contributed by atoms with Crippen molar-refractivity contribution in [3.05, 3.63) is 107 Å². The van der Waals surface area contributed by atoms with E-state index >= 15 is 0 Å². The number of ether oxygens (including phenoxy) is 5. The van der Waals surface area contributed by atoms with E-state index in [4.69, 9.17) is 32.4 Å². The number of methoxy groups -OCH3 is 2. The van der Waals surface area contributed by atoms with Gasteiger partial charge in [0, 0.05) is 17.6 Å². The van der Waals surface area contributed by atoms with Crippen molar-refractivity contribution in [1.82, 2.24) is 14.8 Å². The largest absolute Gasteiger partial charge is 0.493 e. The first kappa shape index (κ1) is 36.9. The summed E-state index contributed by atoms with van der Waals surface area (Å²) in [7, 11) is -0.592. The number of nitrogens with zero attached hydrogens (tertiary/aromatic N) is 3. The van der Waals surface area contributed by atoms with Crippen LogP contribution in [0.4, 0.5) is 0 Å². The fourth-order valence-electron chi connectivity index (χ4n) is 4.79. The van der Waals surface area contributed by atoms with Gasteiger partial charge in [0.15, 0.2) is 18.1 Å². The average Bonchev–Trinajstić information content (AvgIpc) is 3.74. The Hall–Kier alpha value is -5.36. The maximum Gasteiger partial charge on any atom is 0.354 e. The van der Waals surface area contributed by atoms with E-state index in [-0.39, 0.29) is 33.0 Å². The van der Waals surface area contributed by atoms with Gasteiger partial charge in [0.25, 0.3) is 0 Å². The summed E-state index contributed by atoms with van der Waals surface area (Å²) < 4.78 is 59.5. The van der Waals surface area contributed by atoms with E-state index in [0.717, 1.165) is 11.3 Å². The Balaban J connectivity index is 1.28. The van der Waals surface area contributed by atoms with Crippen molar-refractivity contribution in [3.8, 4) is 40.3 Å². The molecule has 5 aromatic rings. The molecule has 268 valence electrons. The molecule has 0 atom stereocenters. The molecular formula is C37H40N3O10P. The molecule has 14 heteroatoms. The van der Waals surface area contributed by atoms with Gasteiger partial charge in [-0.2, -0.15) is 0 Å². The summed E-state index contributed by atoms with van der Waals surface area (Å²) in [6.45, 7) is 5.87. The van der Waals surface area contributed by atoms with Gasteiger partial charge >= 0.3 is 13.6 Å². The molecule has 0 spiro atoms. The molecule has 13 nitrogen and oxygen atoms in total. The molecule has 0 saturated heterocycles. The number of aromatic nitrogens is 3. The lowest BCUT2D eigenvalue weighted by Gasteiger charge is -2.13. The maximum absolute atomic E-state index is 13.1. The number of para-hydroxylation sites is 1. The molecule has 0 amide bonds. The highest BCUT2D eigenvalue weighted by Gasteiger charge is 2.21. The molecule has 3 aromatic carbocycles. The lowest BCUT2D eigenvalue weighted by molar-refractivity contribution is -0.142. The molecule has 0 unspecified atom stereocenters. The number of carbonyl (C=O) groups excluding carboxylic acids is 1. The van der Waals surface area contributed by atoms with Gasteiger partial charge in [-0.05, 0) is 74.9 Å². The second-order valence-corrected chi connectivity index (χ2v) is 12.7. The van der Waals surface area contributed by atoms with Crippen molar-refractivity contribution in [2.24, 2.45) is 0 Å². The number of aryl methyl sites for hydroxylation is 1. The highest BCUT2D eigenvalue weighted by atomic mass is 31.2. The van der Waals surface area contributed by atoms with Gasteiger partial charge in [0.1, 0.15) is 30.4 Å². The minimum atomic E-state index is -3.45. The smallest absolute Gasteiger partial charge is 0.354 e. The average molecular weight is 718 g/mol. The third kappa shape index (κ3) is 9.88. The highest BCUT2D eigenvalue weighted by Crippen LogP contribution is 2.50. The van der Waals surface area contributed by atoms with E-state index in [1.54, 1.807) is 69.1 Å². The number of hydrogen-bond acceptors (Lipinski definition) is 12. The number of rotatable bonds is 18. The van der Waals surface area contributed by atoms with Crippen molar-refractivity contribution >= 4 is 19.6 Å². The zero-order valence-electron chi connectivity index (χ0n) is 29.1. The molecule has 5 rings (SSSR count). The predicted octanol–water partition coefficient (Wildman–Crippen LogP) is 7.79. The van der Waals surface area contributed by atoms with E-state index < -0.39 is 13.6 Å². The van der Waals surface area contributed by atoms with Crippen LogP contribution in [-0.4, -0.2) is 54.8 Å². The molecule has 51 heavy (non-hydrogen) atoms. The molecule has 0 aliphatic carbocycles. The highest BCUT2D eigenvalue weighted by molar-refractivity contribution is 7.57. The van der Waals surface area contributed by atoms with Gasteiger partial charge in [-0.15, -0.1) is 5.10 Å². The molecule has 2 aromatic heterocycles. The lowest BCUT2D eigenvalue weighted by Crippen LogP contribution is -2.12. The number of carbonyl (C=O) groups is 1. The summed E-state index contributed by atoms with van der Waals surface area (Å²) in [5.74, 6) is 3.72. The van der Waals surface area contributed by atoms with E-state index in [0.29, 0.717) is 51.6 Å². The van der Waals surface area contributed by atoms with Crippen LogP contribution in [0.15, 0.2) is 89.2 Å². The Morgan fingerprint density at radius 2 is 1.69 bits per heavy atom. The van der Waals surface area contributed by atoms with E-state index in [9.17, 15) is 9.36 Å². The molecule has 2 heterocycles. The predicted molar refractivity (Wildman–Crippen MR) is 189 cm³/mol. The van der Waals surface area contributed by atoms with Crippen molar-refractivity contribution in [3.63, 3.8) is 0 Å². The number of oxazole rings is 1. The summed E-state index contributed by atoms with van der Waals surface area (Å²) in [5, 5.41) is 4.64. The minimum Gasteiger partial charge on any atom is -0.493 e. The number of hydrogen-bond donors (Lipinski definition) is 0. The van der Waals surface area contributed by atoms with Crippen molar-refractivity contribution in [2.45, 2.75) is 34.0 Å². The monoisotopic (exact) mass is 717 g/mol. The zero-order chi connectivity index (χ0) is 36.2. The second kappa shape index (κ2) is 17.5. The normalized spacial score (nSPS) is 11.5. The molecule has 0 bridgehead atoms. The number of benzene rings is 3. The lowest BCUT2D eigenvalue weighted by atomic mass is 10.2. The fraction of sp³-hybridized carbons (Fsp3) is 0.270. The quantitative estimate of drug-likeness (QED) is 0.0645. The molecule has 0 saturated carbocycles. The molecule has 0 N–H and O–H groups in total. The fourth-order valence-corrected chi connectivity index (χ4v) is 6.10. The minimum absolute atomic E-state index is 0.125. The van der Waals surface area contributed by atoms with Gasteiger partial charge < -0.3 is 37.1 Å². The van der Waals surface area contributed by atoms with Crippen molar-refractivity contribution in [1.29, 1.82) is 0 Å². The summed E-state index contributed by atoms with van der Waals surface area (Å²) in [6, 6.07) is 22.1. The van der Waals surface area contributed by atoms with Crippen LogP contribution >= 0.6 is 7.60 Å². The van der Waals surface area contributed by atoms with E-state index in [2.05, 4.69) is 14.8 Å². The first-order valence-electron chi connectivity index (χ1n) is 16.2. The van der Waals surface area contributed by atoms with Gasteiger partial charge in [0.05, 0.1) is 38.7 Å². The third-order valence-corrected chi connectivity index (χ3v) is 9.06. The molecular weight excluding hydrogens is 677 g/mol. The van der Waals surface area contributed by atoms with E-state index in [1.165, 1.54) is 12.9 Å². The van der Waals surface area contributed by atoms with Gasteiger partial charge in [0.2, 0.25) is 11.8 Å². The summed E-state index contributed by atoms with van der Waals surface area (Å²) >= 11 is 0. The van der Waals surface area contributed by atoms with Gasteiger partial charge in [-0.3, -0.25) is 4.57 Å². The molecule has 0 radical (unpaired) electrons. The van der Waals surface area contributed by atoms with Crippen LogP contribution in [0.1, 0.15) is 36.4 Å². The Morgan fingerprint density at radius 3 is 2.41 bits per heavy atom. The first-order chi connectivity index (χ1) is 24.7. The topological polar surface area (TPSA) is 143 Å². The zero-order valence-corrected chi connectivity index (χ0v) is 30.0. The Labute approximate surface area is 296 Å². The Morgan fingerprint density at radius 1 is 0.902 bits per heavy atom. The van der Waals surface area contributed by atoms with Crippen LogP contribution in [0.5, 0.6) is 23.1 Å². The number of esters is 1. The van der Waals surface area contributed by atoms with Gasteiger partial charge in [-0.1, -0.05) is 30.3 Å². The summed E-state index contributed by atoms with van der Waals surface area (Å²) in [4.78, 5) is 16.1. The second-order valence-electron chi connectivity index (χ2n) is 10.8. The first-order valence-corrected chi connectivity index (χ1v) is 17.8. The summed E-state index contributed by atoms with van der Waals surface area (Å²) in [5.41, 5.74) is 3.50. The molecule has 0 aliphatic heterocycles. The Bertz CT molecular complexity index is 1980. The maximum atomic E-state index is 13.1. The Kier molecular flexibility index (Phi) is 12.7. The standard InChI is InChI=1S/C37H40N3O10P/c1-6-48-51(42,49-7-2)19-18-29-22-40(30-13-9-8-10-14-30)39-37(29)47-23-27-16-17-33(34(20-27)43-4)46-24-32-26(3)50-36(38-32)28-12-11-15-31(21-28)45-25-35(41)44-5/h8-22H,6-7,23-25H2,1-5H3. The van der Waals surface area contributed by atoms with Crippen molar-refractivity contribution < 1.29 is 46.5 Å². The SMILES string of the molecule is CCOP(=O)(C=Cc1cn(-c2ccccc2)nc1OCc1ccc(OCc2nc(-c3cccc(OCC(=O)OC)c3)oc2C)c(OC)c1)OCC. The third-order valence-electron chi connectivity index (χ3n) is 7.31. The van der Waals surface area contributed by atoms with Crippen LogP contribution in [0.25, 0.3) is 23.2 Å². The van der Waals surface area contributed by atoms with E-state index in [1.807, 2.05) is 48.5 Å². The molecule has 0 aliphatic rings. The van der Waals surface area contributed by atoms with Crippen LogP contribution < -0.4 is 18.9 Å². The summed E-state index contributed by atoms with van der Waals surface area (Å²) in [6.07, 6.45) is 3.42. The van der Waals surface area contributed by atoms with Crippen molar-refractivity contribution in [2.75, 3.05) is 34.0 Å². The van der Waals surface area contributed by atoms with Crippen LogP contribution in [0.3, 0.4) is 0 Å².